The Kier molecular flexibility index (Phi) is 6.14. The first kappa shape index (κ1) is 22.1. The van der Waals surface area contributed by atoms with E-state index in [-0.39, 0.29) is 5.92 Å². The second-order valence-electron chi connectivity index (χ2n) is 9.63. The molecule has 4 heterocycles. The predicted octanol–water partition coefficient (Wildman–Crippen LogP) is 3.64. The van der Waals surface area contributed by atoms with Crippen LogP contribution in [0.25, 0.3) is 11.4 Å². The van der Waals surface area contributed by atoms with Crippen LogP contribution in [0.2, 0.25) is 0 Å². The molecule has 0 aliphatic carbocycles. The van der Waals surface area contributed by atoms with Gasteiger partial charge in [0.25, 0.3) is 0 Å². The van der Waals surface area contributed by atoms with Gasteiger partial charge in [0.1, 0.15) is 12.2 Å². The van der Waals surface area contributed by atoms with Crippen molar-refractivity contribution in [1.29, 1.82) is 0 Å². The lowest BCUT2D eigenvalue weighted by molar-refractivity contribution is 0.174. The normalized spacial score (nSPS) is 21.5. The fraction of sp³-hybridized carbons (Fsp3) is 0.407. The van der Waals surface area contributed by atoms with Gasteiger partial charge in [-0.1, -0.05) is 59.8 Å². The first-order valence-corrected chi connectivity index (χ1v) is 12.5. The van der Waals surface area contributed by atoms with E-state index in [1.165, 1.54) is 24.0 Å². The maximum absolute atomic E-state index is 5.18. The van der Waals surface area contributed by atoms with Gasteiger partial charge in [-0.3, -0.25) is 4.90 Å². The average molecular weight is 470 g/mol. The van der Waals surface area contributed by atoms with Gasteiger partial charge >= 0.3 is 0 Å². The van der Waals surface area contributed by atoms with Crippen molar-refractivity contribution in [3.63, 3.8) is 0 Å². The second kappa shape index (κ2) is 9.71. The molecule has 4 aromatic rings. The molecule has 3 atom stereocenters. The third kappa shape index (κ3) is 4.51. The first-order valence-electron chi connectivity index (χ1n) is 12.5. The van der Waals surface area contributed by atoms with Crippen molar-refractivity contribution in [3.8, 4) is 11.4 Å². The fourth-order valence-electron chi connectivity index (χ4n) is 5.75. The molecule has 0 bridgehead atoms. The molecule has 2 fully saturated rings. The number of hydrogen-bond donors (Lipinski definition) is 1. The van der Waals surface area contributed by atoms with Crippen LogP contribution in [-0.2, 0) is 6.54 Å². The van der Waals surface area contributed by atoms with Crippen LogP contribution < -0.4 is 5.32 Å². The van der Waals surface area contributed by atoms with Crippen LogP contribution in [0, 0.1) is 6.92 Å². The summed E-state index contributed by atoms with van der Waals surface area (Å²) in [6.07, 6.45) is 5.45. The molecule has 6 rings (SSSR count). The lowest BCUT2D eigenvalue weighted by atomic mass is 9.87. The Bertz CT molecular complexity index is 1240. The van der Waals surface area contributed by atoms with E-state index in [4.69, 9.17) is 9.62 Å². The van der Waals surface area contributed by atoms with Gasteiger partial charge in [0.2, 0.25) is 11.7 Å². The zero-order valence-electron chi connectivity index (χ0n) is 20.0. The third-order valence-corrected chi connectivity index (χ3v) is 7.41. The molecule has 8 heteroatoms. The van der Waals surface area contributed by atoms with E-state index in [9.17, 15) is 0 Å². The molecule has 2 saturated heterocycles. The molecular weight excluding hydrogens is 438 g/mol. The standard InChI is InChI=1S/C27H31N7O/c1-19-30-26(32-35-19)22-11-9-21(10-12-22)25(24-8-5-15-34(24)23-13-14-28-16-23)27-31-29-18-33(27)17-20-6-3-2-4-7-20/h2-4,6-7,9-12,18,23-25,28H,5,8,13-17H2,1H3. The highest BCUT2D eigenvalue weighted by atomic mass is 16.5. The van der Waals surface area contributed by atoms with E-state index in [0.29, 0.717) is 23.8 Å². The van der Waals surface area contributed by atoms with Crippen molar-refractivity contribution in [3.05, 3.63) is 83.8 Å². The summed E-state index contributed by atoms with van der Waals surface area (Å²) in [5.74, 6) is 2.35. The Labute approximate surface area is 205 Å². The van der Waals surface area contributed by atoms with Crippen LogP contribution in [0.5, 0.6) is 0 Å². The summed E-state index contributed by atoms with van der Waals surface area (Å²) >= 11 is 0. The summed E-state index contributed by atoms with van der Waals surface area (Å²) in [6.45, 7) is 5.88. The number of aromatic nitrogens is 5. The molecule has 2 aliphatic rings. The lowest BCUT2D eigenvalue weighted by Crippen LogP contribution is -2.44. The highest BCUT2D eigenvalue weighted by molar-refractivity contribution is 5.55. The van der Waals surface area contributed by atoms with Crippen LogP contribution in [0.4, 0.5) is 0 Å². The summed E-state index contributed by atoms with van der Waals surface area (Å²) in [6, 6.07) is 20.1. The molecule has 2 aromatic heterocycles. The SMILES string of the molecule is Cc1nc(-c2ccc(C(c3nncn3Cc3ccccc3)C3CCCN3C3CCNC3)cc2)no1. The molecule has 0 amide bonds. The van der Waals surface area contributed by atoms with Crippen LogP contribution >= 0.6 is 0 Å². The van der Waals surface area contributed by atoms with Crippen LogP contribution in [-0.4, -0.2) is 61.5 Å². The molecule has 2 aromatic carbocycles. The number of hydrogen-bond acceptors (Lipinski definition) is 7. The molecule has 3 unspecified atom stereocenters. The largest absolute Gasteiger partial charge is 0.339 e. The molecule has 0 saturated carbocycles. The number of nitrogens with one attached hydrogen (secondary N) is 1. The van der Waals surface area contributed by atoms with E-state index >= 15 is 0 Å². The average Bonchev–Trinajstić information content (AvgIpc) is 3.69. The monoisotopic (exact) mass is 469 g/mol. The number of aryl methyl sites for hydroxylation is 1. The van der Waals surface area contributed by atoms with Crippen LogP contribution in [0.1, 0.15) is 48.0 Å². The molecule has 0 radical (unpaired) electrons. The highest BCUT2D eigenvalue weighted by Crippen LogP contribution is 2.38. The molecule has 1 N–H and O–H groups in total. The Morgan fingerprint density at radius 2 is 1.94 bits per heavy atom. The van der Waals surface area contributed by atoms with Gasteiger partial charge < -0.3 is 14.4 Å². The van der Waals surface area contributed by atoms with E-state index in [1.807, 2.05) is 13.3 Å². The van der Waals surface area contributed by atoms with Gasteiger partial charge in [0.05, 0.1) is 12.5 Å². The minimum absolute atomic E-state index is 0.130. The molecule has 180 valence electrons. The first-order chi connectivity index (χ1) is 17.3. The quantitative estimate of drug-likeness (QED) is 0.442. The number of likely N-dealkylation sites (tertiary alicyclic amines) is 1. The smallest absolute Gasteiger partial charge is 0.223 e. The molecule has 35 heavy (non-hydrogen) atoms. The number of rotatable bonds is 7. The summed E-state index contributed by atoms with van der Waals surface area (Å²) in [5.41, 5.74) is 3.45. The van der Waals surface area contributed by atoms with Crippen molar-refractivity contribution in [1.82, 2.24) is 35.1 Å². The summed E-state index contributed by atoms with van der Waals surface area (Å²) in [5, 5.41) is 16.7. The van der Waals surface area contributed by atoms with Crippen molar-refractivity contribution in [2.45, 2.75) is 50.7 Å². The maximum Gasteiger partial charge on any atom is 0.223 e. The van der Waals surface area contributed by atoms with Crippen molar-refractivity contribution in [2.24, 2.45) is 0 Å². The summed E-state index contributed by atoms with van der Waals surface area (Å²) in [7, 11) is 0. The predicted molar refractivity (Wildman–Crippen MR) is 133 cm³/mol. The van der Waals surface area contributed by atoms with Gasteiger partial charge in [0, 0.05) is 31.1 Å². The highest BCUT2D eigenvalue weighted by Gasteiger charge is 2.40. The fourth-order valence-corrected chi connectivity index (χ4v) is 5.75. The molecular formula is C27H31N7O. The zero-order chi connectivity index (χ0) is 23.6. The van der Waals surface area contributed by atoms with E-state index in [2.05, 4.69) is 84.6 Å². The van der Waals surface area contributed by atoms with Gasteiger partial charge in [-0.2, -0.15) is 4.98 Å². The minimum Gasteiger partial charge on any atom is -0.339 e. The second-order valence-corrected chi connectivity index (χ2v) is 9.63. The van der Waals surface area contributed by atoms with Crippen molar-refractivity contribution >= 4 is 0 Å². The molecule has 8 nitrogen and oxygen atoms in total. The van der Waals surface area contributed by atoms with Gasteiger partial charge in [0.15, 0.2) is 0 Å². The Balaban J connectivity index is 1.38. The zero-order valence-corrected chi connectivity index (χ0v) is 20.0. The van der Waals surface area contributed by atoms with Gasteiger partial charge in [-0.25, -0.2) is 0 Å². The van der Waals surface area contributed by atoms with E-state index in [1.54, 1.807) is 0 Å². The molecule has 0 spiro atoms. The lowest BCUT2D eigenvalue weighted by Gasteiger charge is -2.35. The van der Waals surface area contributed by atoms with Crippen molar-refractivity contribution in [2.75, 3.05) is 19.6 Å². The van der Waals surface area contributed by atoms with Crippen LogP contribution in [0.3, 0.4) is 0 Å². The summed E-state index contributed by atoms with van der Waals surface area (Å²) in [4.78, 5) is 7.11. The van der Waals surface area contributed by atoms with Gasteiger partial charge in [-0.15, -0.1) is 10.2 Å². The maximum atomic E-state index is 5.18. The van der Waals surface area contributed by atoms with E-state index in [0.717, 1.165) is 44.0 Å². The Morgan fingerprint density at radius 1 is 1.09 bits per heavy atom. The Hall–Kier alpha value is -3.36. The van der Waals surface area contributed by atoms with Crippen molar-refractivity contribution < 1.29 is 4.52 Å². The van der Waals surface area contributed by atoms with Gasteiger partial charge in [-0.05, 0) is 43.5 Å². The van der Waals surface area contributed by atoms with E-state index < -0.39 is 0 Å². The number of nitrogens with zero attached hydrogens (tertiary/aromatic N) is 6. The Morgan fingerprint density at radius 3 is 2.69 bits per heavy atom. The minimum atomic E-state index is 0.130. The molecule has 2 aliphatic heterocycles. The number of benzene rings is 2. The summed E-state index contributed by atoms with van der Waals surface area (Å²) < 4.78 is 7.41. The topological polar surface area (TPSA) is 84.9 Å². The third-order valence-electron chi connectivity index (χ3n) is 7.41. The van der Waals surface area contributed by atoms with Crippen LogP contribution in [0.15, 0.2) is 65.4 Å².